The number of carbonyl (C=O) groups excluding carboxylic acids is 1. The highest BCUT2D eigenvalue weighted by molar-refractivity contribution is 5.67. The lowest BCUT2D eigenvalue weighted by Gasteiger charge is -2.20. The molecule has 4 heteroatoms. The summed E-state index contributed by atoms with van der Waals surface area (Å²) in [4.78, 5) is 11.4. The van der Waals surface area contributed by atoms with Crippen molar-refractivity contribution in [3.8, 4) is 0 Å². The van der Waals surface area contributed by atoms with E-state index in [-0.39, 0.29) is 6.09 Å². The van der Waals surface area contributed by atoms with Gasteiger partial charge in [0.15, 0.2) is 0 Å². The minimum absolute atomic E-state index is 0.335. The predicted molar refractivity (Wildman–Crippen MR) is 73.6 cm³/mol. The Hall–Kier alpha value is -0.770. The quantitative estimate of drug-likeness (QED) is 0.743. The van der Waals surface area contributed by atoms with Gasteiger partial charge in [-0.05, 0) is 45.6 Å². The Morgan fingerprint density at radius 2 is 2.00 bits per heavy atom. The fraction of sp³-hybridized carbons (Fsp3) is 0.929. The third kappa shape index (κ3) is 6.24. The summed E-state index contributed by atoms with van der Waals surface area (Å²) < 4.78 is 5.16. The summed E-state index contributed by atoms with van der Waals surface area (Å²) >= 11 is 0. The highest BCUT2D eigenvalue weighted by Crippen LogP contribution is 2.30. The molecule has 0 radical (unpaired) electrons. The Morgan fingerprint density at radius 1 is 1.28 bits per heavy atom. The molecular weight excluding hydrogens is 228 g/mol. The summed E-state index contributed by atoms with van der Waals surface area (Å²) in [7, 11) is 0. The van der Waals surface area contributed by atoms with Crippen LogP contribution in [0.2, 0.25) is 0 Å². The van der Waals surface area contributed by atoms with Crippen LogP contribution in [0.1, 0.15) is 47.0 Å². The van der Waals surface area contributed by atoms with Gasteiger partial charge >= 0.3 is 6.09 Å². The smallest absolute Gasteiger partial charge is 0.407 e. The second kappa shape index (κ2) is 6.98. The van der Waals surface area contributed by atoms with Crippen LogP contribution in [0.5, 0.6) is 0 Å². The lowest BCUT2D eigenvalue weighted by molar-refractivity contribution is 0.0528. The zero-order chi connectivity index (χ0) is 13.6. The molecule has 0 spiro atoms. The van der Waals surface area contributed by atoms with E-state index < -0.39 is 5.60 Å². The van der Waals surface area contributed by atoms with Crippen molar-refractivity contribution in [3.05, 3.63) is 0 Å². The normalized spacial score (nSPS) is 24.0. The number of carbonyl (C=O) groups is 1. The molecule has 0 aromatic carbocycles. The van der Waals surface area contributed by atoms with E-state index in [1.165, 1.54) is 19.3 Å². The van der Waals surface area contributed by atoms with E-state index in [4.69, 9.17) is 4.74 Å². The van der Waals surface area contributed by atoms with Crippen LogP contribution in [-0.2, 0) is 4.74 Å². The van der Waals surface area contributed by atoms with Crippen molar-refractivity contribution in [1.82, 2.24) is 10.6 Å². The standard InChI is InChI=1S/C14H28N2O2/c1-11-6-5-7-12(11)10-15-8-9-16-13(17)18-14(2,3)4/h11-12,15H,5-10H2,1-4H3,(H,16,17). The van der Waals surface area contributed by atoms with Crippen molar-refractivity contribution in [2.75, 3.05) is 19.6 Å². The molecule has 0 aliphatic heterocycles. The number of hydrogen-bond acceptors (Lipinski definition) is 3. The van der Waals surface area contributed by atoms with Crippen molar-refractivity contribution in [2.45, 2.75) is 52.6 Å². The first-order valence-corrected chi connectivity index (χ1v) is 7.06. The van der Waals surface area contributed by atoms with Gasteiger partial charge in [0.2, 0.25) is 0 Å². The van der Waals surface area contributed by atoms with Gasteiger partial charge in [-0.15, -0.1) is 0 Å². The highest BCUT2D eigenvalue weighted by atomic mass is 16.6. The first-order chi connectivity index (χ1) is 8.38. The zero-order valence-corrected chi connectivity index (χ0v) is 12.2. The van der Waals surface area contributed by atoms with E-state index in [1.807, 2.05) is 20.8 Å². The minimum Gasteiger partial charge on any atom is -0.444 e. The average Bonchev–Trinajstić information content (AvgIpc) is 2.61. The van der Waals surface area contributed by atoms with Crippen LogP contribution in [0, 0.1) is 11.8 Å². The van der Waals surface area contributed by atoms with Crippen LogP contribution < -0.4 is 10.6 Å². The van der Waals surface area contributed by atoms with Gasteiger partial charge in [0.25, 0.3) is 0 Å². The topological polar surface area (TPSA) is 50.4 Å². The number of alkyl carbamates (subject to hydrolysis) is 1. The van der Waals surface area contributed by atoms with Gasteiger partial charge in [-0.3, -0.25) is 0 Å². The minimum atomic E-state index is -0.420. The monoisotopic (exact) mass is 256 g/mol. The molecule has 1 rings (SSSR count). The van der Waals surface area contributed by atoms with Gasteiger partial charge in [0, 0.05) is 13.1 Å². The van der Waals surface area contributed by atoms with Gasteiger partial charge in [-0.1, -0.05) is 19.8 Å². The SMILES string of the molecule is CC1CCCC1CNCCNC(=O)OC(C)(C)C. The molecule has 1 amide bonds. The second-order valence-corrected chi connectivity index (χ2v) is 6.30. The maximum atomic E-state index is 11.4. The van der Waals surface area contributed by atoms with E-state index >= 15 is 0 Å². The zero-order valence-electron chi connectivity index (χ0n) is 12.2. The predicted octanol–water partition coefficient (Wildman–Crippen LogP) is 2.54. The molecule has 0 bridgehead atoms. The van der Waals surface area contributed by atoms with Crippen molar-refractivity contribution < 1.29 is 9.53 Å². The van der Waals surface area contributed by atoms with Crippen LogP contribution in [0.25, 0.3) is 0 Å². The molecule has 106 valence electrons. The summed E-state index contributed by atoms with van der Waals surface area (Å²) in [5.41, 5.74) is -0.420. The first kappa shape index (κ1) is 15.3. The third-order valence-corrected chi connectivity index (χ3v) is 3.42. The van der Waals surface area contributed by atoms with Gasteiger partial charge in [-0.25, -0.2) is 4.79 Å². The van der Waals surface area contributed by atoms with E-state index in [1.54, 1.807) is 0 Å². The van der Waals surface area contributed by atoms with Crippen LogP contribution in [0.3, 0.4) is 0 Å². The van der Waals surface area contributed by atoms with Gasteiger partial charge < -0.3 is 15.4 Å². The molecule has 0 aromatic rings. The lowest BCUT2D eigenvalue weighted by atomic mass is 9.98. The Kier molecular flexibility index (Phi) is 5.93. The van der Waals surface area contributed by atoms with Gasteiger partial charge in [-0.2, -0.15) is 0 Å². The highest BCUT2D eigenvalue weighted by Gasteiger charge is 2.22. The van der Waals surface area contributed by atoms with E-state index in [2.05, 4.69) is 17.6 Å². The summed E-state index contributed by atoms with van der Waals surface area (Å²) in [6, 6.07) is 0. The fourth-order valence-corrected chi connectivity index (χ4v) is 2.38. The molecular formula is C14H28N2O2. The van der Waals surface area contributed by atoms with E-state index in [0.717, 1.165) is 24.9 Å². The van der Waals surface area contributed by atoms with E-state index in [9.17, 15) is 4.79 Å². The maximum absolute atomic E-state index is 11.4. The fourth-order valence-electron chi connectivity index (χ4n) is 2.38. The number of amides is 1. The molecule has 2 atom stereocenters. The van der Waals surface area contributed by atoms with Crippen LogP contribution in [0.15, 0.2) is 0 Å². The molecule has 0 saturated heterocycles. The van der Waals surface area contributed by atoms with Crippen LogP contribution in [-0.4, -0.2) is 31.3 Å². The molecule has 1 aliphatic rings. The molecule has 0 aromatic heterocycles. The Labute approximate surface area is 111 Å². The summed E-state index contributed by atoms with van der Waals surface area (Å²) in [5, 5.41) is 6.16. The summed E-state index contributed by atoms with van der Waals surface area (Å²) in [6.07, 6.45) is 3.73. The Balaban J connectivity index is 2.00. The molecule has 2 unspecified atom stereocenters. The van der Waals surface area contributed by atoms with Crippen molar-refractivity contribution in [1.29, 1.82) is 0 Å². The number of ether oxygens (including phenoxy) is 1. The molecule has 18 heavy (non-hydrogen) atoms. The summed E-state index contributed by atoms with van der Waals surface area (Å²) in [6.45, 7) is 10.4. The average molecular weight is 256 g/mol. The van der Waals surface area contributed by atoms with Gasteiger partial charge in [0.05, 0.1) is 0 Å². The third-order valence-electron chi connectivity index (χ3n) is 3.42. The first-order valence-electron chi connectivity index (χ1n) is 7.06. The Morgan fingerprint density at radius 3 is 2.56 bits per heavy atom. The van der Waals surface area contributed by atoms with Crippen LogP contribution in [0.4, 0.5) is 4.79 Å². The van der Waals surface area contributed by atoms with Gasteiger partial charge in [0.1, 0.15) is 5.60 Å². The van der Waals surface area contributed by atoms with Crippen molar-refractivity contribution >= 4 is 6.09 Å². The number of hydrogen-bond donors (Lipinski definition) is 2. The molecule has 1 fully saturated rings. The largest absolute Gasteiger partial charge is 0.444 e. The second-order valence-electron chi connectivity index (χ2n) is 6.30. The maximum Gasteiger partial charge on any atom is 0.407 e. The van der Waals surface area contributed by atoms with Crippen molar-refractivity contribution in [2.24, 2.45) is 11.8 Å². The molecule has 1 saturated carbocycles. The number of nitrogens with one attached hydrogen (secondary N) is 2. The molecule has 2 N–H and O–H groups in total. The van der Waals surface area contributed by atoms with Crippen molar-refractivity contribution in [3.63, 3.8) is 0 Å². The van der Waals surface area contributed by atoms with E-state index in [0.29, 0.717) is 6.54 Å². The lowest BCUT2D eigenvalue weighted by Crippen LogP contribution is -2.37. The molecule has 4 nitrogen and oxygen atoms in total. The summed E-state index contributed by atoms with van der Waals surface area (Å²) in [5.74, 6) is 1.66. The number of rotatable bonds is 5. The molecule has 0 heterocycles. The van der Waals surface area contributed by atoms with Crippen LogP contribution >= 0.6 is 0 Å². The Bertz CT molecular complexity index is 261. The molecule has 1 aliphatic carbocycles.